The second-order valence-corrected chi connectivity index (χ2v) is 4.35. The zero-order valence-corrected chi connectivity index (χ0v) is 10.8. The quantitative estimate of drug-likeness (QED) is 0.475. The molecule has 0 spiro atoms. The predicted octanol–water partition coefficient (Wildman–Crippen LogP) is 2.23. The maximum Gasteiger partial charge on any atom is 0.343 e. The van der Waals surface area contributed by atoms with Crippen molar-refractivity contribution in [2.24, 2.45) is 0 Å². The van der Waals surface area contributed by atoms with Gasteiger partial charge < -0.3 is 18.6 Å². The Kier molecular flexibility index (Phi) is 3.43. The van der Waals surface area contributed by atoms with Gasteiger partial charge in [0, 0.05) is 6.42 Å². The van der Waals surface area contributed by atoms with Gasteiger partial charge in [0.2, 0.25) is 6.29 Å². The summed E-state index contributed by atoms with van der Waals surface area (Å²) in [5.41, 5.74) is 0.678. The van der Waals surface area contributed by atoms with E-state index in [1.165, 1.54) is 6.26 Å². The van der Waals surface area contributed by atoms with Crippen molar-refractivity contribution in [3.8, 4) is 5.75 Å². The van der Waals surface area contributed by atoms with Gasteiger partial charge in [0.05, 0.1) is 23.8 Å². The summed E-state index contributed by atoms with van der Waals surface area (Å²) in [7, 11) is 0. The Labute approximate surface area is 115 Å². The summed E-state index contributed by atoms with van der Waals surface area (Å²) in [4.78, 5) is 11.9. The van der Waals surface area contributed by atoms with Crippen LogP contribution in [0.5, 0.6) is 5.75 Å². The number of benzene rings is 1. The molecular formula is C15H14O5. The van der Waals surface area contributed by atoms with Gasteiger partial charge in [0.1, 0.15) is 17.9 Å². The molecule has 0 fully saturated rings. The van der Waals surface area contributed by atoms with E-state index >= 15 is 0 Å². The van der Waals surface area contributed by atoms with E-state index in [0.717, 1.165) is 5.39 Å². The average molecular weight is 274 g/mol. The van der Waals surface area contributed by atoms with Gasteiger partial charge in [-0.15, -0.1) is 0 Å². The fourth-order valence-corrected chi connectivity index (χ4v) is 2.21. The monoisotopic (exact) mass is 274 g/mol. The maximum atomic E-state index is 11.9. The largest absolute Gasteiger partial charge is 0.499 e. The average Bonchev–Trinajstić information content (AvgIpc) is 2.89. The lowest BCUT2D eigenvalue weighted by Crippen LogP contribution is -2.20. The van der Waals surface area contributed by atoms with Crippen molar-refractivity contribution in [2.75, 3.05) is 13.2 Å². The minimum Gasteiger partial charge on any atom is -0.499 e. The van der Waals surface area contributed by atoms with Gasteiger partial charge >= 0.3 is 5.63 Å². The van der Waals surface area contributed by atoms with Crippen LogP contribution in [-0.2, 0) is 15.9 Å². The van der Waals surface area contributed by atoms with Crippen molar-refractivity contribution in [3.63, 3.8) is 0 Å². The van der Waals surface area contributed by atoms with E-state index < -0.39 is 6.29 Å². The lowest BCUT2D eigenvalue weighted by molar-refractivity contribution is -0.0757. The van der Waals surface area contributed by atoms with E-state index in [1.807, 2.05) is 18.2 Å². The van der Waals surface area contributed by atoms with Crippen LogP contribution in [0.25, 0.3) is 11.0 Å². The fraction of sp³-hybridized carbons (Fsp3) is 0.267. The summed E-state index contributed by atoms with van der Waals surface area (Å²) in [6.07, 6.45) is 1.26. The molecule has 1 aromatic heterocycles. The van der Waals surface area contributed by atoms with E-state index in [9.17, 15) is 4.79 Å². The van der Waals surface area contributed by atoms with Crippen LogP contribution in [0.15, 0.2) is 46.3 Å². The van der Waals surface area contributed by atoms with Crippen LogP contribution in [0.1, 0.15) is 5.56 Å². The first-order valence-corrected chi connectivity index (χ1v) is 6.35. The third-order valence-corrected chi connectivity index (χ3v) is 3.10. The van der Waals surface area contributed by atoms with Gasteiger partial charge in [-0.3, -0.25) is 0 Å². The molecule has 20 heavy (non-hydrogen) atoms. The first-order valence-electron chi connectivity index (χ1n) is 6.35. The topological polar surface area (TPSA) is 57.9 Å². The molecule has 0 amide bonds. The van der Waals surface area contributed by atoms with Crippen LogP contribution < -0.4 is 10.4 Å². The molecule has 2 heterocycles. The molecule has 0 aliphatic carbocycles. The summed E-state index contributed by atoms with van der Waals surface area (Å²) in [5.74, 6) is 0.562. The van der Waals surface area contributed by atoms with Gasteiger partial charge in [0.15, 0.2) is 0 Å². The first-order chi connectivity index (χ1) is 9.79. The molecule has 3 rings (SSSR count). The van der Waals surface area contributed by atoms with Gasteiger partial charge in [-0.05, 0) is 12.1 Å². The number of hydrogen-bond donors (Lipinski definition) is 0. The molecule has 0 bridgehead atoms. The molecule has 1 aromatic carbocycles. The molecular weight excluding hydrogens is 260 g/mol. The summed E-state index contributed by atoms with van der Waals surface area (Å²) < 4.78 is 21.5. The lowest BCUT2D eigenvalue weighted by atomic mass is 10.1. The van der Waals surface area contributed by atoms with Crippen molar-refractivity contribution < 1.29 is 18.6 Å². The number of hydrogen-bond acceptors (Lipinski definition) is 5. The molecule has 1 aliphatic rings. The second kappa shape index (κ2) is 5.38. The SMILES string of the molecule is C=COCCOC1Cc2c(c3ccccc3oc2=O)O1. The summed E-state index contributed by atoms with van der Waals surface area (Å²) in [5, 5.41) is 0.788. The smallest absolute Gasteiger partial charge is 0.343 e. The number of fused-ring (bicyclic) bond motifs is 3. The third kappa shape index (κ3) is 2.28. The highest BCUT2D eigenvalue weighted by atomic mass is 16.7. The number of rotatable bonds is 5. The molecule has 5 heteroatoms. The normalized spacial score (nSPS) is 16.7. The Balaban J connectivity index is 1.82. The van der Waals surface area contributed by atoms with Crippen molar-refractivity contribution in [1.29, 1.82) is 0 Å². The molecule has 0 radical (unpaired) electrons. The van der Waals surface area contributed by atoms with Crippen LogP contribution in [0.2, 0.25) is 0 Å². The van der Waals surface area contributed by atoms with Gasteiger partial charge in [-0.25, -0.2) is 4.79 Å². The zero-order chi connectivity index (χ0) is 13.9. The molecule has 1 aliphatic heterocycles. The van der Waals surface area contributed by atoms with Crippen molar-refractivity contribution >= 4 is 11.0 Å². The molecule has 1 unspecified atom stereocenters. The van der Waals surface area contributed by atoms with Crippen molar-refractivity contribution in [2.45, 2.75) is 12.7 Å². The molecule has 1 atom stereocenters. The van der Waals surface area contributed by atoms with E-state index in [1.54, 1.807) is 6.07 Å². The van der Waals surface area contributed by atoms with Crippen molar-refractivity contribution in [3.05, 3.63) is 53.1 Å². The van der Waals surface area contributed by atoms with E-state index in [-0.39, 0.29) is 5.63 Å². The van der Waals surface area contributed by atoms with E-state index in [0.29, 0.717) is 36.5 Å². The van der Waals surface area contributed by atoms with Crippen LogP contribution in [0.4, 0.5) is 0 Å². The number of ether oxygens (including phenoxy) is 3. The number of para-hydroxylation sites is 1. The first kappa shape index (κ1) is 12.7. The van der Waals surface area contributed by atoms with E-state index in [2.05, 4.69) is 6.58 Å². The van der Waals surface area contributed by atoms with Gasteiger partial charge in [0.25, 0.3) is 0 Å². The molecule has 5 nitrogen and oxygen atoms in total. The Bertz CT molecular complexity index is 688. The highest BCUT2D eigenvalue weighted by molar-refractivity contribution is 5.84. The summed E-state index contributed by atoms with van der Waals surface area (Å²) in [6.45, 7) is 4.21. The Morgan fingerprint density at radius 2 is 2.20 bits per heavy atom. The predicted molar refractivity (Wildman–Crippen MR) is 72.7 cm³/mol. The summed E-state index contributed by atoms with van der Waals surface area (Å²) >= 11 is 0. The fourth-order valence-electron chi connectivity index (χ4n) is 2.21. The highest BCUT2D eigenvalue weighted by Gasteiger charge is 2.29. The lowest BCUT2D eigenvalue weighted by Gasteiger charge is -2.11. The molecule has 0 saturated carbocycles. The zero-order valence-electron chi connectivity index (χ0n) is 10.8. The second-order valence-electron chi connectivity index (χ2n) is 4.35. The summed E-state index contributed by atoms with van der Waals surface area (Å²) in [6, 6.07) is 7.29. The Hall–Kier alpha value is -2.27. The third-order valence-electron chi connectivity index (χ3n) is 3.10. The van der Waals surface area contributed by atoms with Gasteiger partial charge in [-0.2, -0.15) is 0 Å². The molecule has 0 N–H and O–H groups in total. The standard InChI is InChI=1S/C15H14O5/c1-2-17-7-8-18-13-9-11-14(20-13)10-5-3-4-6-12(10)19-15(11)16/h2-6,13H,1,7-9H2. The molecule has 2 aromatic rings. The van der Waals surface area contributed by atoms with Crippen LogP contribution in [0, 0.1) is 0 Å². The van der Waals surface area contributed by atoms with Crippen LogP contribution in [-0.4, -0.2) is 19.5 Å². The van der Waals surface area contributed by atoms with Crippen LogP contribution in [0.3, 0.4) is 0 Å². The highest BCUT2D eigenvalue weighted by Crippen LogP contribution is 2.34. The van der Waals surface area contributed by atoms with E-state index in [4.69, 9.17) is 18.6 Å². The maximum absolute atomic E-state index is 11.9. The van der Waals surface area contributed by atoms with Crippen LogP contribution >= 0.6 is 0 Å². The van der Waals surface area contributed by atoms with Gasteiger partial charge in [-0.1, -0.05) is 18.7 Å². The molecule has 104 valence electrons. The molecule has 0 saturated heterocycles. The van der Waals surface area contributed by atoms with Crippen molar-refractivity contribution in [1.82, 2.24) is 0 Å². The Morgan fingerprint density at radius 1 is 1.35 bits per heavy atom. The Morgan fingerprint density at radius 3 is 3.05 bits per heavy atom. The minimum absolute atomic E-state index is 0.368. The minimum atomic E-state index is -0.480.